The maximum absolute atomic E-state index is 12.9. The number of hydrogen-bond donors (Lipinski definition) is 0. The van der Waals surface area contributed by atoms with Crippen LogP contribution >= 0.6 is 11.3 Å². The Morgan fingerprint density at radius 2 is 1.90 bits per heavy atom. The molecule has 1 aliphatic rings. The molecule has 0 radical (unpaired) electrons. The fraction of sp³-hybridized carbons (Fsp3) is 0.409. The van der Waals surface area contributed by atoms with Gasteiger partial charge in [-0.2, -0.15) is 0 Å². The van der Waals surface area contributed by atoms with Crippen LogP contribution in [0, 0.1) is 0 Å². The van der Waals surface area contributed by atoms with Crippen molar-refractivity contribution in [3.05, 3.63) is 53.4 Å². The lowest BCUT2D eigenvalue weighted by molar-refractivity contribution is -0.127. The minimum Gasteiger partial charge on any atom is -0.335 e. The van der Waals surface area contributed by atoms with Gasteiger partial charge in [-0.25, -0.2) is 8.42 Å². The van der Waals surface area contributed by atoms with Crippen molar-refractivity contribution < 1.29 is 13.2 Å². The van der Waals surface area contributed by atoms with Crippen molar-refractivity contribution in [2.24, 2.45) is 0 Å². The zero-order valence-electron chi connectivity index (χ0n) is 17.0. The monoisotopic (exact) mass is 432 g/mol. The Morgan fingerprint density at radius 3 is 2.55 bits per heavy atom. The van der Waals surface area contributed by atoms with E-state index in [1.165, 1.54) is 0 Å². The van der Waals surface area contributed by atoms with Crippen LogP contribution in [-0.4, -0.2) is 68.9 Å². The van der Waals surface area contributed by atoms with E-state index in [1.54, 1.807) is 22.3 Å². The topological polar surface area (TPSA) is 57.7 Å². The average Bonchev–Trinajstić information content (AvgIpc) is 3.30. The van der Waals surface area contributed by atoms with E-state index in [4.69, 9.17) is 0 Å². The van der Waals surface area contributed by atoms with Gasteiger partial charge in [-0.15, -0.1) is 11.3 Å². The second-order valence-electron chi connectivity index (χ2n) is 7.65. The van der Waals surface area contributed by atoms with E-state index >= 15 is 0 Å². The zero-order chi connectivity index (χ0) is 20.9. The minimum atomic E-state index is -3.04. The first kappa shape index (κ1) is 21.7. The summed E-state index contributed by atoms with van der Waals surface area (Å²) in [5.74, 6) is 0.135. The molecule has 1 fully saturated rings. The Hall–Kier alpha value is -1.96. The van der Waals surface area contributed by atoms with Crippen molar-refractivity contribution in [1.82, 2.24) is 9.80 Å². The summed E-state index contributed by atoms with van der Waals surface area (Å²) in [5.41, 5.74) is 1.16. The lowest BCUT2D eigenvalue weighted by atomic mass is 10.2. The van der Waals surface area contributed by atoms with Crippen LogP contribution in [0.25, 0.3) is 16.5 Å². The Labute approximate surface area is 177 Å². The Kier molecular flexibility index (Phi) is 7.27. The van der Waals surface area contributed by atoms with E-state index in [9.17, 15) is 13.2 Å². The molecule has 0 bridgehead atoms. The van der Waals surface area contributed by atoms with E-state index in [0.717, 1.165) is 28.3 Å². The molecule has 5 nitrogen and oxygen atoms in total. The number of benzene rings is 1. The quantitative estimate of drug-likeness (QED) is 0.600. The summed E-state index contributed by atoms with van der Waals surface area (Å²) < 4.78 is 23.8. The Bertz CT molecular complexity index is 949. The molecule has 2 aromatic rings. The molecule has 1 saturated heterocycles. The van der Waals surface area contributed by atoms with Crippen LogP contribution in [0.4, 0.5) is 0 Å². The Balaban J connectivity index is 1.69. The van der Waals surface area contributed by atoms with Crippen LogP contribution in [-0.2, 0) is 14.6 Å². The summed E-state index contributed by atoms with van der Waals surface area (Å²) in [6.45, 7) is 1.43. The molecule has 0 spiro atoms. The third-order valence-corrected chi connectivity index (χ3v) is 7.86. The molecule has 0 saturated carbocycles. The van der Waals surface area contributed by atoms with Gasteiger partial charge in [0.1, 0.15) is 0 Å². The molecule has 29 heavy (non-hydrogen) atoms. The number of hydrogen-bond acceptors (Lipinski definition) is 5. The van der Waals surface area contributed by atoms with Gasteiger partial charge in [-0.1, -0.05) is 30.3 Å². The van der Waals surface area contributed by atoms with Crippen LogP contribution in [0.3, 0.4) is 0 Å². The predicted octanol–water partition coefficient (Wildman–Crippen LogP) is 3.40. The van der Waals surface area contributed by atoms with Crippen LogP contribution in [0.5, 0.6) is 0 Å². The first-order valence-electron chi connectivity index (χ1n) is 9.83. The standard InChI is InChI=1S/C22H28N2O3S2/c1-23(2)14-6-15-24(19-13-16-29(26,27)17-19)22(25)12-10-20-9-11-21(28-20)18-7-4-3-5-8-18/h3-5,7-12,19H,6,13-17H2,1-2H3/b12-10+. The molecule has 0 aliphatic carbocycles. The summed E-state index contributed by atoms with van der Waals surface area (Å²) in [6.07, 6.45) is 4.77. The van der Waals surface area contributed by atoms with Crippen molar-refractivity contribution in [3.8, 4) is 10.4 Å². The number of carbonyl (C=O) groups is 1. The number of nitrogens with zero attached hydrogens (tertiary/aromatic N) is 2. The van der Waals surface area contributed by atoms with Gasteiger partial charge in [0.05, 0.1) is 11.5 Å². The highest BCUT2D eigenvalue weighted by molar-refractivity contribution is 7.91. The van der Waals surface area contributed by atoms with Gasteiger partial charge in [0.15, 0.2) is 9.84 Å². The van der Waals surface area contributed by atoms with Crippen molar-refractivity contribution in [1.29, 1.82) is 0 Å². The van der Waals surface area contributed by atoms with Gasteiger partial charge in [0.25, 0.3) is 0 Å². The lowest BCUT2D eigenvalue weighted by Gasteiger charge is -2.27. The second kappa shape index (κ2) is 9.69. The number of rotatable bonds is 8. The van der Waals surface area contributed by atoms with Crippen molar-refractivity contribution >= 4 is 33.2 Å². The smallest absolute Gasteiger partial charge is 0.246 e. The van der Waals surface area contributed by atoms with E-state index in [1.807, 2.05) is 44.4 Å². The normalized spacial score (nSPS) is 18.5. The van der Waals surface area contributed by atoms with Crippen molar-refractivity contribution in [2.45, 2.75) is 18.9 Å². The third kappa shape index (κ3) is 6.26. The van der Waals surface area contributed by atoms with Gasteiger partial charge >= 0.3 is 0 Å². The fourth-order valence-electron chi connectivity index (χ4n) is 3.50. The molecular weight excluding hydrogens is 404 g/mol. The van der Waals surface area contributed by atoms with E-state index in [2.05, 4.69) is 23.1 Å². The van der Waals surface area contributed by atoms with E-state index in [0.29, 0.717) is 13.0 Å². The van der Waals surface area contributed by atoms with Crippen LogP contribution in [0.15, 0.2) is 48.5 Å². The molecule has 0 N–H and O–H groups in total. The van der Waals surface area contributed by atoms with Crippen molar-refractivity contribution in [3.63, 3.8) is 0 Å². The molecule has 156 valence electrons. The molecule has 1 atom stereocenters. The molecule has 1 aromatic carbocycles. The zero-order valence-corrected chi connectivity index (χ0v) is 18.6. The largest absolute Gasteiger partial charge is 0.335 e. The summed E-state index contributed by atoms with van der Waals surface area (Å²) in [6, 6.07) is 14.0. The molecule has 1 aliphatic heterocycles. The molecular formula is C22H28N2O3S2. The summed E-state index contributed by atoms with van der Waals surface area (Å²) in [7, 11) is 0.950. The molecule has 1 unspecified atom stereocenters. The van der Waals surface area contributed by atoms with Gasteiger partial charge in [-0.05, 0) is 57.3 Å². The fourth-order valence-corrected chi connectivity index (χ4v) is 6.15. The molecule has 1 aromatic heterocycles. The minimum absolute atomic E-state index is 0.0751. The van der Waals surface area contributed by atoms with Gasteiger partial charge in [0, 0.05) is 28.4 Å². The third-order valence-electron chi connectivity index (χ3n) is 5.01. The average molecular weight is 433 g/mol. The molecule has 2 heterocycles. The number of amides is 1. The van der Waals surface area contributed by atoms with E-state index in [-0.39, 0.29) is 23.5 Å². The summed E-state index contributed by atoms with van der Waals surface area (Å²) >= 11 is 1.63. The molecule has 1 amide bonds. The first-order valence-corrected chi connectivity index (χ1v) is 12.5. The number of thiophene rings is 1. The molecule has 7 heteroatoms. The highest BCUT2D eigenvalue weighted by Crippen LogP contribution is 2.28. The SMILES string of the molecule is CN(C)CCCN(C(=O)/C=C/c1ccc(-c2ccccc2)s1)C1CCS(=O)(=O)C1. The van der Waals surface area contributed by atoms with Crippen LogP contribution in [0.2, 0.25) is 0 Å². The van der Waals surface area contributed by atoms with Crippen molar-refractivity contribution in [2.75, 3.05) is 38.7 Å². The predicted molar refractivity (Wildman–Crippen MR) is 121 cm³/mol. The number of carbonyl (C=O) groups excluding carboxylic acids is 1. The number of sulfone groups is 1. The highest BCUT2D eigenvalue weighted by atomic mass is 32.2. The molecule has 3 rings (SSSR count). The Morgan fingerprint density at radius 1 is 1.14 bits per heavy atom. The van der Waals surface area contributed by atoms with Gasteiger partial charge in [0.2, 0.25) is 5.91 Å². The van der Waals surface area contributed by atoms with Gasteiger partial charge in [-0.3, -0.25) is 4.79 Å². The summed E-state index contributed by atoms with van der Waals surface area (Å²) in [4.78, 5) is 18.9. The second-order valence-corrected chi connectivity index (χ2v) is 11.0. The lowest BCUT2D eigenvalue weighted by Crippen LogP contribution is -2.41. The maximum atomic E-state index is 12.9. The summed E-state index contributed by atoms with van der Waals surface area (Å²) in [5, 5.41) is 0. The van der Waals surface area contributed by atoms with Crippen LogP contribution < -0.4 is 0 Å². The highest BCUT2D eigenvalue weighted by Gasteiger charge is 2.33. The first-order chi connectivity index (χ1) is 13.8. The van der Waals surface area contributed by atoms with Crippen LogP contribution in [0.1, 0.15) is 17.7 Å². The maximum Gasteiger partial charge on any atom is 0.246 e. The van der Waals surface area contributed by atoms with E-state index < -0.39 is 9.84 Å². The van der Waals surface area contributed by atoms with Gasteiger partial charge < -0.3 is 9.80 Å².